The highest BCUT2D eigenvalue weighted by atomic mass is 16.4. The van der Waals surface area contributed by atoms with Crippen LogP contribution in [0.4, 0.5) is 0 Å². The molecule has 0 aliphatic heterocycles. The van der Waals surface area contributed by atoms with Crippen molar-refractivity contribution in [3.8, 4) is 0 Å². The van der Waals surface area contributed by atoms with Gasteiger partial charge in [-0.15, -0.1) is 0 Å². The Kier molecular flexibility index (Phi) is 3.97. The molecule has 4 N–H and O–H groups in total. The maximum atomic E-state index is 12.1. The number of carbonyl (C=O) groups excluding carboxylic acids is 1. The normalized spacial score (nSPS) is 22.4. The van der Waals surface area contributed by atoms with E-state index in [0.717, 1.165) is 6.42 Å². The fourth-order valence-corrected chi connectivity index (χ4v) is 2.22. The molecule has 0 aromatic heterocycles. The molecule has 0 spiro atoms. The first-order valence-corrected chi connectivity index (χ1v) is 6.76. The first kappa shape index (κ1) is 14.4. The molecule has 1 amide bonds. The summed E-state index contributed by atoms with van der Waals surface area (Å²) in [5, 5.41) is 14.6. The van der Waals surface area contributed by atoms with Crippen LogP contribution in [0.2, 0.25) is 0 Å². The highest BCUT2D eigenvalue weighted by Crippen LogP contribution is 2.47. The summed E-state index contributed by atoms with van der Waals surface area (Å²) >= 11 is 0. The topological polar surface area (TPSA) is 87.7 Å². The van der Waals surface area contributed by atoms with Gasteiger partial charge in [-0.1, -0.05) is 49.3 Å². The van der Waals surface area contributed by atoms with Crippen molar-refractivity contribution in [1.29, 1.82) is 0 Å². The summed E-state index contributed by atoms with van der Waals surface area (Å²) in [5.41, 5.74) is 6.25. The van der Waals surface area contributed by atoms with Gasteiger partial charge in [0.25, 0.3) is 0 Å². The lowest BCUT2D eigenvalue weighted by molar-refractivity contribution is -0.122. The third-order valence-electron chi connectivity index (χ3n) is 3.86. The lowest BCUT2D eigenvalue weighted by atomic mass is 9.92. The Balaban J connectivity index is 1.86. The number of nitrogens with one attached hydrogen (secondary N) is 1. The average molecular weight is 275 g/mol. The van der Waals surface area contributed by atoms with Crippen LogP contribution < -0.4 is 11.1 Å². The lowest BCUT2D eigenvalue weighted by Gasteiger charge is -2.23. The van der Waals surface area contributed by atoms with Crippen molar-refractivity contribution in [3.05, 3.63) is 35.9 Å². The van der Waals surface area contributed by atoms with E-state index in [1.807, 2.05) is 32.0 Å². The molecular formula is C15H21N3O2. The first-order valence-electron chi connectivity index (χ1n) is 6.76. The number of amides is 1. The summed E-state index contributed by atoms with van der Waals surface area (Å²) in [6.45, 7) is 4.01. The monoisotopic (exact) mass is 275 g/mol. The maximum absolute atomic E-state index is 12.1. The predicted molar refractivity (Wildman–Crippen MR) is 77.5 cm³/mol. The molecule has 0 heterocycles. The van der Waals surface area contributed by atoms with Crippen LogP contribution in [0.3, 0.4) is 0 Å². The fourth-order valence-electron chi connectivity index (χ4n) is 2.22. The highest BCUT2D eigenvalue weighted by Gasteiger charge is 2.44. The third kappa shape index (κ3) is 3.10. The molecule has 108 valence electrons. The van der Waals surface area contributed by atoms with E-state index in [0.29, 0.717) is 12.5 Å². The summed E-state index contributed by atoms with van der Waals surface area (Å²) < 4.78 is 0. The van der Waals surface area contributed by atoms with Crippen molar-refractivity contribution in [2.75, 3.05) is 6.54 Å². The quantitative estimate of drug-likeness (QED) is 0.330. The van der Waals surface area contributed by atoms with Crippen LogP contribution in [0.5, 0.6) is 0 Å². The number of nitrogens with zero attached hydrogens (tertiary/aromatic N) is 1. The Morgan fingerprint density at radius 2 is 2.10 bits per heavy atom. The SMILES string of the molecule is CC(C)(CNC(=O)C1CC1c1ccccc1)/C(N)=N/O. The molecule has 0 saturated heterocycles. The van der Waals surface area contributed by atoms with E-state index in [4.69, 9.17) is 10.9 Å². The van der Waals surface area contributed by atoms with Crippen LogP contribution in [0, 0.1) is 11.3 Å². The number of rotatable bonds is 5. The molecular weight excluding hydrogens is 254 g/mol. The predicted octanol–water partition coefficient (Wildman–Crippen LogP) is 1.68. The van der Waals surface area contributed by atoms with E-state index in [2.05, 4.69) is 22.6 Å². The van der Waals surface area contributed by atoms with Gasteiger partial charge in [0, 0.05) is 17.9 Å². The van der Waals surface area contributed by atoms with Crippen LogP contribution in [0.25, 0.3) is 0 Å². The van der Waals surface area contributed by atoms with Crippen molar-refractivity contribution >= 4 is 11.7 Å². The molecule has 5 heteroatoms. The molecule has 1 saturated carbocycles. The lowest BCUT2D eigenvalue weighted by Crippen LogP contribution is -2.43. The van der Waals surface area contributed by atoms with Gasteiger partial charge < -0.3 is 16.3 Å². The van der Waals surface area contributed by atoms with Gasteiger partial charge in [0.1, 0.15) is 5.84 Å². The fraction of sp³-hybridized carbons (Fsp3) is 0.467. The van der Waals surface area contributed by atoms with Crippen molar-refractivity contribution in [3.63, 3.8) is 0 Å². The smallest absolute Gasteiger partial charge is 0.223 e. The van der Waals surface area contributed by atoms with Gasteiger partial charge in [-0.3, -0.25) is 4.79 Å². The Morgan fingerprint density at radius 1 is 1.45 bits per heavy atom. The van der Waals surface area contributed by atoms with E-state index >= 15 is 0 Å². The second-order valence-corrected chi connectivity index (χ2v) is 5.95. The van der Waals surface area contributed by atoms with Crippen molar-refractivity contribution in [2.45, 2.75) is 26.2 Å². The summed E-state index contributed by atoms with van der Waals surface area (Å²) in [6.07, 6.45) is 0.889. The minimum absolute atomic E-state index is 0.0395. The Bertz CT molecular complexity index is 511. The first-order chi connectivity index (χ1) is 9.45. The molecule has 0 bridgehead atoms. The second-order valence-electron chi connectivity index (χ2n) is 5.95. The zero-order valence-corrected chi connectivity index (χ0v) is 11.8. The van der Waals surface area contributed by atoms with Crippen LogP contribution in [-0.4, -0.2) is 23.5 Å². The van der Waals surface area contributed by atoms with Crippen LogP contribution in [0.1, 0.15) is 31.7 Å². The van der Waals surface area contributed by atoms with E-state index in [9.17, 15) is 4.79 Å². The van der Waals surface area contributed by atoms with E-state index in [1.165, 1.54) is 5.56 Å². The number of hydrogen-bond donors (Lipinski definition) is 3. The minimum Gasteiger partial charge on any atom is -0.409 e. The average Bonchev–Trinajstić information content (AvgIpc) is 3.25. The number of nitrogens with two attached hydrogens (primary N) is 1. The molecule has 2 rings (SSSR count). The van der Waals surface area contributed by atoms with Gasteiger partial charge in [-0.05, 0) is 17.9 Å². The Morgan fingerprint density at radius 3 is 2.70 bits per heavy atom. The van der Waals surface area contributed by atoms with Gasteiger partial charge in [0.05, 0.1) is 0 Å². The molecule has 1 aliphatic carbocycles. The highest BCUT2D eigenvalue weighted by molar-refractivity contribution is 5.87. The number of oxime groups is 1. The minimum atomic E-state index is -0.554. The van der Waals surface area contributed by atoms with Crippen LogP contribution >= 0.6 is 0 Å². The molecule has 1 aliphatic rings. The number of amidine groups is 1. The molecule has 2 unspecified atom stereocenters. The number of hydrogen-bond acceptors (Lipinski definition) is 3. The largest absolute Gasteiger partial charge is 0.409 e. The summed E-state index contributed by atoms with van der Waals surface area (Å²) in [7, 11) is 0. The Labute approximate surface area is 118 Å². The third-order valence-corrected chi connectivity index (χ3v) is 3.86. The van der Waals surface area contributed by atoms with Crippen molar-refractivity contribution in [2.24, 2.45) is 22.2 Å². The van der Waals surface area contributed by atoms with Gasteiger partial charge in [-0.2, -0.15) is 0 Å². The van der Waals surface area contributed by atoms with E-state index in [-0.39, 0.29) is 17.7 Å². The summed E-state index contributed by atoms with van der Waals surface area (Å²) in [5.74, 6) is 0.523. The van der Waals surface area contributed by atoms with Crippen LogP contribution in [0.15, 0.2) is 35.5 Å². The van der Waals surface area contributed by atoms with Crippen molar-refractivity contribution in [1.82, 2.24) is 5.32 Å². The van der Waals surface area contributed by atoms with Gasteiger partial charge >= 0.3 is 0 Å². The van der Waals surface area contributed by atoms with Crippen molar-refractivity contribution < 1.29 is 10.0 Å². The second kappa shape index (κ2) is 5.53. The molecule has 1 fully saturated rings. The van der Waals surface area contributed by atoms with E-state index < -0.39 is 5.41 Å². The van der Waals surface area contributed by atoms with Gasteiger partial charge in [0.2, 0.25) is 5.91 Å². The van der Waals surface area contributed by atoms with Gasteiger partial charge in [0.15, 0.2) is 0 Å². The maximum Gasteiger partial charge on any atom is 0.223 e. The number of carbonyl (C=O) groups is 1. The van der Waals surface area contributed by atoms with E-state index in [1.54, 1.807) is 0 Å². The van der Waals surface area contributed by atoms with Crippen LogP contribution in [-0.2, 0) is 4.79 Å². The zero-order valence-electron chi connectivity index (χ0n) is 11.8. The molecule has 1 aromatic carbocycles. The molecule has 0 radical (unpaired) electrons. The number of benzene rings is 1. The standard InChI is InChI=1S/C15H21N3O2/c1-15(2,14(16)18-20)9-17-13(19)12-8-11(12)10-6-4-3-5-7-10/h3-7,11-12,20H,8-9H2,1-2H3,(H2,16,18)(H,17,19). The molecule has 1 aromatic rings. The Hall–Kier alpha value is -2.04. The molecule has 20 heavy (non-hydrogen) atoms. The van der Waals surface area contributed by atoms with Gasteiger partial charge in [-0.25, -0.2) is 0 Å². The molecule has 5 nitrogen and oxygen atoms in total. The zero-order chi connectivity index (χ0) is 14.8. The summed E-state index contributed by atoms with van der Waals surface area (Å²) in [4.78, 5) is 12.1. The molecule has 2 atom stereocenters. The summed E-state index contributed by atoms with van der Waals surface area (Å²) in [6, 6.07) is 10.1.